The number of rotatable bonds is 5. The van der Waals surface area contributed by atoms with Gasteiger partial charge in [0.15, 0.2) is 0 Å². The summed E-state index contributed by atoms with van der Waals surface area (Å²) in [6, 6.07) is 36.6. The van der Waals surface area contributed by atoms with Gasteiger partial charge in [0.05, 0.1) is 0 Å². The molecule has 5 aromatic rings. The predicted molar refractivity (Wildman–Crippen MR) is 145 cm³/mol. The van der Waals surface area contributed by atoms with Crippen molar-refractivity contribution in [2.75, 3.05) is 0 Å². The molecule has 1 N–H and O–H groups in total. The van der Waals surface area contributed by atoms with E-state index in [1.807, 2.05) is 6.07 Å². The fourth-order valence-corrected chi connectivity index (χ4v) is 10.9. The maximum atomic E-state index is 10.2. The number of aromatic nitrogens is 1. The van der Waals surface area contributed by atoms with Crippen LogP contribution in [0.4, 0.5) is 0 Å². The molecule has 5 rings (SSSR count). The molecule has 166 valence electrons. The number of aliphatic hydroxyl groups excluding tert-OH is 1. The van der Waals surface area contributed by atoms with Gasteiger partial charge in [-0.3, -0.25) is 0 Å². The second-order valence-electron chi connectivity index (χ2n) is 8.49. The average Bonchev–Trinajstić information content (AvgIpc) is 3.11. The maximum absolute atomic E-state index is 10.2. The van der Waals surface area contributed by atoms with Gasteiger partial charge in [0, 0.05) is 0 Å². The molecule has 0 fully saturated rings. The van der Waals surface area contributed by atoms with E-state index in [-0.39, 0.29) is 6.61 Å². The molecule has 0 aliphatic heterocycles. The van der Waals surface area contributed by atoms with Gasteiger partial charge in [0.25, 0.3) is 0 Å². The number of benzene rings is 4. The van der Waals surface area contributed by atoms with Crippen LogP contribution >= 0.6 is 18.9 Å². The van der Waals surface area contributed by atoms with E-state index in [9.17, 15) is 5.11 Å². The van der Waals surface area contributed by atoms with E-state index >= 15 is 0 Å². The molecule has 0 spiro atoms. The Morgan fingerprint density at radius 2 is 1.21 bits per heavy atom. The Balaban J connectivity index is 2.05. The van der Waals surface area contributed by atoms with Gasteiger partial charge in [0.2, 0.25) is 0 Å². The third kappa shape index (κ3) is 3.42. The van der Waals surface area contributed by atoms with Crippen LogP contribution in [0.15, 0.2) is 103 Å². The van der Waals surface area contributed by atoms with E-state index in [2.05, 4.69) is 116 Å². The fourth-order valence-electron chi connectivity index (χ4n) is 5.36. The van der Waals surface area contributed by atoms with Crippen LogP contribution in [0.2, 0.25) is 5.02 Å². The fraction of sp³-hybridized carbons (Fsp3) is 0.103. The van der Waals surface area contributed by atoms with Gasteiger partial charge in [-0.2, -0.15) is 0 Å². The van der Waals surface area contributed by atoms with Crippen molar-refractivity contribution in [2.45, 2.75) is 13.5 Å². The Hall–Kier alpha value is -2.90. The number of halogens is 1. The zero-order chi connectivity index (χ0) is 23.0. The number of nitrogens with zero attached hydrogens (tertiary/aromatic N) is 1. The summed E-state index contributed by atoms with van der Waals surface area (Å²) in [5.41, 5.74) is 3.10. The summed E-state index contributed by atoms with van der Waals surface area (Å²) < 4.78 is 2.23. The molecule has 1 heterocycles. The first kappa shape index (κ1) is 21.9. The minimum absolute atomic E-state index is 0.0512. The van der Waals surface area contributed by atoms with Crippen LogP contribution in [0.3, 0.4) is 0 Å². The van der Waals surface area contributed by atoms with Crippen LogP contribution in [-0.4, -0.2) is 9.67 Å². The molecule has 0 aliphatic carbocycles. The summed E-state index contributed by atoms with van der Waals surface area (Å²) in [6.45, 7) is 2.14. The molecule has 0 aliphatic rings. The van der Waals surface area contributed by atoms with Crippen molar-refractivity contribution < 1.29 is 5.11 Å². The van der Waals surface area contributed by atoms with Gasteiger partial charge < -0.3 is 0 Å². The third-order valence-electron chi connectivity index (χ3n) is 6.79. The second-order valence-corrected chi connectivity index (χ2v) is 12.7. The normalized spacial score (nSPS) is 12.2. The molecule has 1 aromatic heterocycles. The van der Waals surface area contributed by atoms with Gasteiger partial charge in [-0.25, -0.2) is 0 Å². The Morgan fingerprint density at radius 3 is 1.64 bits per heavy atom. The van der Waals surface area contributed by atoms with E-state index in [4.69, 9.17) is 11.6 Å². The summed E-state index contributed by atoms with van der Waals surface area (Å²) in [7, 11) is -0.616. The molecule has 0 unspecified atom stereocenters. The zero-order valence-electron chi connectivity index (χ0n) is 18.8. The number of hydrogen-bond donors (Lipinski definition) is 1. The molecule has 0 bridgehead atoms. The number of hydrogen-bond acceptors (Lipinski definition) is 1. The Kier molecular flexibility index (Phi) is 5.85. The molecule has 4 aromatic carbocycles. The van der Waals surface area contributed by atoms with E-state index < -0.39 is 7.26 Å². The molecular weight excluding hydrogens is 445 g/mol. The molecule has 4 heteroatoms. The predicted octanol–water partition coefficient (Wildman–Crippen LogP) is 4.98. The summed E-state index contributed by atoms with van der Waals surface area (Å²) in [5, 5.41) is 17.2. The third-order valence-corrected chi connectivity index (χ3v) is 12.0. The average molecular weight is 472 g/mol. The minimum atomic E-state index is -2.71. The van der Waals surface area contributed by atoms with Crippen molar-refractivity contribution in [2.24, 2.45) is 7.05 Å². The molecule has 0 radical (unpaired) electrons. The van der Waals surface area contributed by atoms with E-state index in [0.29, 0.717) is 5.02 Å². The molecule has 0 atom stereocenters. The Labute approximate surface area is 200 Å². The monoisotopic (exact) mass is 471 g/mol. The number of aliphatic hydroxyl groups is 1. The number of aryl methyl sites for hydroxylation is 1. The van der Waals surface area contributed by atoms with Crippen LogP contribution in [0.25, 0.3) is 10.9 Å². The number of fused-ring (bicyclic) bond motifs is 1. The Morgan fingerprint density at radius 1 is 0.758 bits per heavy atom. The summed E-state index contributed by atoms with van der Waals surface area (Å²) in [5.74, 6) is 0. The van der Waals surface area contributed by atoms with Crippen LogP contribution in [0, 0.1) is 6.92 Å². The van der Waals surface area contributed by atoms with Crippen LogP contribution in [-0.2, 0) is 13.7 Å². The quantitative estimate of drug-likeness (QED) is 0.359. The SMILES string of the molecule is Cc1c([PH](c2ccccc2)(c2ccccc2)c2ccccc2)c2cc(Cl)cc(CO)c2n1C. The van der Waals surface area contributed by atoms with Crippen molar-refractivity contribution in [3.8, 4) is 0 Å². The van der Waals surface area contributed by atoms with Crippen LogP contribution in [0.1, 0.15) is 11.3 Å². The van der Waals surface area contributed by atoms with Crippen molar-refractivity contribution >= 4 is 51.0 Å². The van der Waals surface area contributed by atoms with Crippen molar-refractivity contribution in [1.29, 1.82) is 0 Å². The topological polar surface area (TPSA) is 25.2 Å². The van der Waals surface area contributed by atoms with Crippen molar-refractivity contribution in [3.63, 3.8) is 0 Å². The van der Waals surface area contributed by atoms with Crippen LogP contribution in [0.5, 0.6) is 0 Å². The van der Waals surface area contributed by atoms with Crippen molar-refractivity contribution in [1.82, 2.24) is 4.57 Å². The molecule has 33 heavy (non-hydrogen) atoms. The standard InChI is InChI=1S/C29H27ClNOP/c1-21-29(27-19-23(30)18-22(20-32)28(27)31(21)2)33(24-12-6-3-7-13-24,25-14-8-4-9-15-25)26-16-10-5-11-17-26/h3-19,32-33H,20H2,1-2H3. The molecular formula is C29H27ClNOP. The first-order valence-electron chi connectivity index (χ1n) is 11.1. The first-order valence-corrected chi connectivity index (χ1v) is 13.5. The molecule has 0 saturated heterocycles. The molecule has 2 nitrogen and oxygen atoms in total. The van der Waals surface area contributed by atoms with Gasteiger partial charge in [-0.05, 0) is 0 Å². The summed E-state index contributed by atoms with van der Waals surface area (Å²) >= 11 is 6.62. The summed E-state index contributed by atoms with van der Waals surface area (Å²) in [4.78, 5) is 0. The van der Waals surface area contributed by atoms with Gasteiger partial charge >= 0.3 is 201 Å². The Bertz CT molecular complexity index is 1320. The second kappa shape index (κ2) is 8.80. The van der Waals surface area contributed by atoms with E-state index in [1.165, 1.54) is 26.9 Å². The van der Waals surface area contributed by atoms with E-state index in [0.717, 1.165) is 16.5 Å². The first-order chi connectivity index (χ1) is 16.1. The molecule has 0 amide bonds. The molecule has 0 saturated carbocycles. The van der Waals surface area contributed by atoms with Gasteiger partial charge in [-0.1, -0.05) is 0 Å². The van der Waals surface area contributed by atoms with Gasteiger partial charge in [0.1, 0.15) is 0 Å². The van der Waals surface area contributed by atoms with Crippen molar-refractivity contribution in [3.05, 3.63) is 119 Å². The zero-order valence-corrected chi connectivity index (χ0v) is 20.6. The summed E-state index contributed by atoms with van der Waals surface area (Å²) in [6.07, 6.45) is 0. The van der Waals surface area contributed by atoms with E-state index in [1.54, 1.807) is 0 Å². The van der Waals surface area contributed by atoms with Gasteiger partial charge in [-0.15, -0.1) is 0 Å². The van der Waals surface area contributed by atoms with Crippen LogP contribution < -0.4 is 21.2 Å².